The number of carbonyl (C=O) groups is 1. The maximum absolute atomic E-state index is 12.8. The summed E-state index contributed by atoms with van der Waals surface area (Å²) in [6.07, 6.45) is -6.67. The topological polar surface area (TPSA) is 196 Å². The third kappa shape index (κ3) is 4.86. The summed E-state index contributed by atoms with van der Waals surface area (Å²) in [6.45, 7) is 4.67. The second-order valence-corrected chi connectivity index (χ2v) is 8.99. The molecule has 3 aromatic rings. The van der Waals surface area contributed by atoms with Crippen LogP contribution in [0.25, 0.3) is 22.3 Å². The third-order valence-corrected chi connectivity index (χ3v) is 5.92. The molecule has 0 saturated carbocycles. The summed E-state index contributed by atoms with van der Waals surface area (Å²) in [5.41, 5.74) is -1.14. The van der Waals surface area contributed by atoms with Gasteiger partial charge in [-0.15, -0.1) is 0 Å². The molecule has 6 N–H and O–H groups in total. The van der Waals surface area contributed by atoms with Crippen molar-refractivity contribution in [3.63, 3.8) is 0 Å². The van der Waals surface area contributed by atoms with Crippen LogP contribution in [-0.2, 0) is 14.3 Å². The normalized spacial score (nSPS) is 23.8. The van der Waals surface area contributed by atoms with E-state index >= 15 is 0 Å². The van der Waals surface area contributed by atoms with Crippen molar-refractivity contribution >= 4 is 16.9 Å². The van der Waals surface area contributed by atoms with Gasteiger partial charge < -0.3 is 49.3 Å². The lowest BCUT2D eigenvalue weighted by atomic mass is 9.99. The van der Waals surface area contributed by atoms with Crippen LogP contribution in [-0.4, -0.2) is 67.3 Å². The number of rotatable bonds is 5. The quantitative estimate of drug-likeness (QED) is 0.211. The number of aliphatic hydroxyl groups is 2. The zero-order valence-corrected chi connectivity index (χ0v) is 20.0. The van der Waals surface area contributed by atoms with E-state index < -0.39 is 71.0 Å². The van der Waals surface area contributed by atoms with Crippen LogP contribution >= 0.6 is 0 Å². The van der Waals surface area contributed by atoms with E-state index in [9.17, 15) is 40.2 Å². The zero-order valence-electron chi connectivity index (χ0n) is 20.0. The fourth-order valence-corrected chi connectivity index (χ4v) is 3.83. The summed E-state index contributed by atoms with van der Waals surface area (Å²) in [5, 5.41) is 60.9. The highest BCUT2D eigenvalue weighted by Gasteiger charge is 2.46. The second-order valence-electron chi connectivity index (χ2n) is 8.99. The number of aromatic hydroxyl groups is 4. The first kappa shape index (κ1) is 26.1. The molecule has 4 rings (SSSR count). The summed E-state index contributed by atoms with van der Waals surface area (Å²) in [7, 11) is 0. The number of benzene rings is 2. The van der Waals surface area contributed by atoms with Crippen LogP contribution in [0, 0.1) is 5.92 Å². The van der Waals surface area contributed by atoms with Gasteiger partial charge >= 0.3 is 5.97 Å². The predicted molar refractivity (Wildman–Crippen MR) is 126 cm³/mol. The van der Waals surface area contributed by atoms with Gasteiger partial charge in [0.2, 0.25) is 17.5 Å². The van der Waals surface area contributed by atoms with Crippen LogP contribution in [0.15, 0.2) is 39.5 Å². The molecule has 0 aliphatic carbocycles. The highest BCUT2D eigenvalue weighted by molar-refractivity contribution is 5.88. The Morgan fingerprint density at radius 1 is 0.973 bits per heavy atom. The maximum Gasteiger partial charge on any atom is 0.308 e. The van der Waals surface area contributed by atoms with Crippen molar-refractivity contribution in [3.05, 3.63) is 40.6 Å². The van der Waals surface area contributed by atoms with Crippen LogP contribution in [0.5, 0.6) is 28.7 Å². The highest BCUT2D eigenvalue weighted by Crippen LogP contribution is 2.38. The fraction of sp³-hybridized carbons (Fsp3) is 0.360. The molecule has 0 unspecified atom stereocenters. The lowest BCUT2D eigenvalue weighted by molar-refractivity contribution is -0.273. The molecule has 2 aromatic carbocycles. The minimum atomic E-state index is -1.62. The number of phenols is 3. The van der Waals surface area contributed by atoms with Gasteiger partial charge in [-0.1, -0.05) is 13.8 Å². The van der Waals surface area contributed by atoms with E-state index in [0.717, 1.165) is 18.2 Å². The van der Waals surface area contributed by atoms with Crippen LogP contribution < -0.4 is 10.2 Å². The third-order valence-electron chi connectivity index (χ3n) is 5.92. The van der Waals surface area contributed by atoms with Crippen molar-refractivity contribution in [2.24, 2.45) is 5.92 Å². The Bertz CT molecular complexity index is 1390. The highest BCUT2D eigenvalue weighted by atomic mass is 16.7. The molecule has 0 amide bonds. The van der Waals surface area contributed by atoms with Gasteiger partial charge in [0, 0.05) is 17.7 Å². The largest absolute Gasteiger partial charge is 0.507 e. The molecule has 1 saturated heterocycles. The average molecular weight is 518 g/mol. The molecule has 0 radical (unpaired) electrons. The van der Waals surface area contributed by atoms with E-state index in [1.54, 1.807) is 13.8 Å². The van der Waals surface area contributed by atoms with Crippen LogP contribution in [0.2, 0.25) is 0 Å². The minimum absolute atomic E-state index is 0.0567. The summed E-state index contributed by atoms with van der Waals surface area (Å²) >= 11 is 0. The number of phenolic OH excluding ortho intramolecular Hbond substituents is 3. The van der Waals surface area contributed by atoms with Crippen molar-refractivity contribution in [1.29, 1.82) is 0 Å². The summed E-state index contributed by atoms with van der Waals surface area (Å²) in [6, 6.07) is 5.71. The lowest BCUT2D eigenvalue weighted by Crippen LogP contribution is -2.59. The molecule has 12 nitrogen and oxygen atoms in total. The molecule has 0 bridgehead atoms. The lowest BCUT2D eigenvalue weighted by Gasteiger charge is -2.40. The van der Waals surface area contributed by atoms with Crippen molar-refractivity contribution < 1.29 is 54.1 Å². The Morgan fingerprint density at radius 3 is 2.32 bits per heavy atom. The SMILES string of the molecule is CC(C)C(=O)O[C@@H]1[C@@H](O)[C@H](C)O[C@@H](Oc2cc(O)c3c(=O)c(O)c(-c4ccc(O)c(O)c4)oc3c2)[C@@H]1O. The number of ether oxygens (including phenoxy) is 3. The molecule has 198 valence electrons. The van der Waals surface area contributed by atoms with Crippen molar-refractivity contribution in [2.75, 3.05) is 0 Å². The Kier molecular flexibility index (Phi) is 6.91. The fourth-order valence-electron chi connectivity index (χ4n) is 3.83. The molecule has 1 aliphatic heterocycles. The molecular formula is C25H26O12. The van der Waals surface area contributed by atoms with E-state index in [4.69, 9.17) is 18.6 Å². The molecule has 0 spiro atoms. The summed E-state index contributed by atoms with van der Waals surface area (Å²) < 4.78 is 22.1. The van der Waals surface area contributed by atoms with Crippen LogP contribution in [0.3, 0.4) is 0 Å². The van der Waals surface area contributed by atoms with Crippen molar-refractivity contribution in [1.82, 2.24) is 0 Å². The first-order chi connectivity index (χ1) is 17.4. The van der Waals surface area contributed by atoms with Crippen molar-refractivity contribution in [2.45, 2.75) is 51.5 Å². The summed E-state index contributed by atoms with van der Waals surface area (Å²) in [4.78, 5) is 24.8. The first-order valence-electron chi connectivity index (χ1n) is 11.3. The Labute approximate surface area is 209 Å². The Hall–Kier alpha value is -4.00. The molecule has 2 heterocycles. The summed E-state index contributed by atoms with van der Waals surface area (Å²) in [5.74, 6) is -4.04. The molecule has 12 heteroatoms. The van der Waals surface area contributed by atoms with Crippen LogP contribution in [0.4, 0.5) is 0 Å². The number of esters is 1. The van der Waals surface area contributed by atoms with E-state index in [1.165, 1.54) is 19.1 Å². The van der Waals surface area contributed by atoms with Gasteiger partial charge in [-0.3, -0.25) is 9.59 Å². The smallest absolute Gasteiger partial charge is 0.308 e. The molecule has 37 heavy (non-hydrogen) atoms. The number of fused-ring (bicyclic) bond motifs is 1. The Balaban J connectivity index is 1.71. The zero-order chi connectivity index (χ0) is 27.2. The van der Waals surface area contributed by atoms with Gasteiger partial charge in [-0.2, -0.15) is 0 Å². The predicted octanol–water partition coefficient (Wildman–Crippen LogP) is 1.70. The van der Waals surface area contributed by atoms with Gasteiger partial charge in [0.05, 0.1) is 12.0 Å². The van der Waals surface area contributed by atoms with Gasteiger partial charge in [0.15, 0.2) is 29.5 Å². The van der Waals surface area contributed by atoms with E-state index in [0.29, 0.717) is 0 Å². The molecular weight excluding hydrogens is 492 g/mol. The maximum atomic E-state index is 12.8. The Morgan fingerprint density at radius 2 is 1.68 bits per heavy atom. The van der Waals surface area contributed by atoms with E-state index in [1.807, 2.05) is 0 Å². The number of hydrogen-bond acceptors (Lipinski definition) is 12. The number of hydrogen-bond donors (Lipinski definition) is 6. The monoisotopic (exact) mass is 518 g/mol. The second kappa shape index (κ2) is 9.81. The van der Waals surface area contributed by atoms with E-state index in [-0.39, 0.29) is 28.0 Å². The number of carbonyl (C=O) groups excluding carboxylic acids is 1. The standard InChI is InChI=1S/C25H26O12/c1-9(2)24(33)37-23-18(29)10(3)34-25(21(23)32)35-12-7-15(28)17-16(8-12)36-22(20(31)19(17)30)11-4-5-13(26)14(27)6-11/h4-10,18,21,23,25-29,31-32H,1-3H3/t10-,18-,21+,23+,25-/m0/s1. The van der Waals surface area contributed by atoms with Crippen LogP contribution in [0.1, 0.15) is 20.8 Å². The minimum Gasteiger partial charge on any atom is -0.507 e. The van der Waals surface area contributed by atoms with Crippen molar-refractivity contribution in [3.8, 4) is 40.1 Å². The van der Waals surface area contributed by atoms with Gasteiger partial charge in [-0.25, -0.2) is 0 Å². The van der Waals surface area contributed by atoms with Gasteiger partial charge in [0.1, 0.15) is 28.6 Å². The molecule has 5 atom stereocenters. The average Bonchev–Trinajstić information content (AvgIpc) is 2.83. The first-order valence-corrected chi connectivity index (χ1v) is 11.3. The number of aliphatic hydroxyl groups excluding tert-OH is 2. The van der Waals surface area contributed by atoms with Gasteiger partial charge in [-0.05, 0) is 25.1 Å². The van der Waals surface area contributed by atoms with E-state index in [2.05, 4.69) is 0 Å². The molecule has 1 aliphatic rings. The van der Waals surface area contributed by atoms with Gasteiger partial charge in [0.25, 0.3) is 0 Å². The molecule has 1 aromatic heterocycles. The molecule has 1 fully saturated rings.